The highest BCUT2D eigenvalue weighted by atomic mass is 16.7. The molecule has 0 aliphatic rings. The Kier molecular flexibility index (Phi) is 5.83. The maximum Gasteiger partial charge on any atom is 0.284 e. The van der Waals surface area contributed by atoms with Gasteiger partial charge in [-0.1, -0.05) is 26.0 Å². The first-order chi connectivity index (χ1) is 9.10. The second-order valence-electron chi connectivity index (χ2n) is 4.29. The van der Waals surface area contributed by atoms with E-state index in [4.69, 9.17) is 14.8 Å². The molecule has 1 unspecified atom stereocenters. The van der Waals surface area contributed by atoms with Crippen molar-refractivity contribution in [2.75, 3.05) is 6.61 Å². The van der Waals surface area contributed by atoms with Crippen molar-refractivity contribution in [3.05, 3.63) is 29.8 Å². The number of benzene rings is 1. The highest BCUT2D eigenvalue weighted by molar-refractivity contribution is 5.80. The van der Waals surface area contributed by atoms with Gasteiger partial charge in [0, 0.05) is 0 Å². The lowest BCUT2D eigenvalue weighted by atomic mass is 10.1. The molecule has 0 saturated heterocycles. The predicted molar refractivity (Wildman–Crippen MR) is 70.2 cm³/mol. The summed E-state index contributed by atoms with van der Waals surface area (Å²) in [6, 6.07) is 8.85. The quantitative estimate of drug-likeness (QED) is 0.796. The predicted octanol–water partition coefficient (Wildman–Crippen LogP) is 2.03. The van der Waals surface area contributed by atoms with Crippen molar-refractivity contribution in [1.82, 2.24) is 5.48 Å². The minimum absolute atomic E-state index is 0.0489. The number of carbonyl (C=O) groups is 1. The molecular formula is C14H18N2O3. The van der Waals surface area contributed by atoms with E-state index >= 15 is 0 Å². The zero-order chi connectivity index (χ0) is 14.3. The molecule has 1 amide bonds. The van der Waals surface area contributed by atoms with Crippen LogP contribution in [0, 0.1) is 17.2 Å². The molecule has 102 valence electrons. The van der Waals surface area contributed by atoms with Gasteiger partial charge >= 0.3 is 0 Å². The van der Waals surface area contributed by atoms with Crippen molar-refractivity contribution in [1.29, 1.82) is 5.26 Å². The summed E-state index contributed by atoms with van der Waals surface area (Å²) in [4.78, 5) is 16.8. The van der Waals surface area contributed by atoms with Gasteiger partial charge in [0.2, 0.25) is 0 Å². The van der Waals surface area contributed by atoms with Crippen LogP contribution in [-0.2, 0) is 9.63 Å². The van der Waals surface area contributed by atoms with E-state index in [0.717, 1.165) is 0 Å². The van der Waals surface area contributed by atoms with E-state index < -0.39 is 6.10 Å². The van der Waals surface area contributed by atoms with Crippen LogP contribution in [0.2, 0.25) is 0 Å². The SMILES string of the molecule is CCONC(=O)C(Oc1ccccc1C#N)C(C)C. The number of para-hydroxylation sites is 1. The van der Waals surface area contributed by atoms with Gasteiger partial charge in [-0.15, -0.1) is 0 Å². The average molecular weight is 262 g/mol. The van der Waals surface area contributed by atoms with Gasteiger partial charge in [0.15, 0.2) is 6.10 Å². The summed E-state index contributed by atoms with van der Waals surface area (Å²) >= 11 is 0. The maximum absolute atomic E-state index is 11.9. The fourth-order valence-electron chi connectivity index (χ4n) is 1.49. The first kappa shape index (κ1) is 15.0. The van der Waals surface area contributed by atoms with Crippen molar-refractivity contribution in [2.24, 2.45) is 5.92 Å². The third kappa shape index (κ3) is 4.27. The topological polar surface area (TPSA) is 71.3 Å². The molecule has 0 bridgehead atoms. The Morgan fingerprint density at radius 1 is 1.42 bits per heavy atom. The van der Waals surface area contributed by atoms with Crippen LogP contribution < -0.4 is 10.2 Å². The lowest BCUT2D eigenvalue weighted by Crippen LogP contribution is -2.41. The van der Waals surface area contributed by atoms with Gasteiger partial charge in [0.25, 0.3) is 5.91 Å². The summed E-state index contributed by atoms with van der Waals surface area (Å²) in [5, 5.41) is 8.99. The summed E-state index contributed by atoms with van der Waals surface area (Å²) in [5.41, 5.74) is 2.72. The van der Waals surface area contributed by atoms with Crippen LogP contribution in [0.1, 0.15) is 26.3 Å². The van der Waals surface area contributed by atoms with Crippen LogP contribution in [0.25, 0.3) is 0 Å². The maximum atomic E-state index is 11.9. The number of hydrogen-bond donors (Lipinski definition) is 1. The van der Waals surface area contributed by atoms with Gasteiger partial charge in [-0.2, -0.15) is 5.26 Å². The highest BCUT2D eigenvalue weighted by Gasteiger charge is 2.25. The second kappa shape index (κ2) is 7.39. The fraction of sp³-hybridized carbons (Fsp3) is 0.429. The third-order valence-electron chi connectivity index (χ3n) is 2.44. The molecule has 1 atom stereocenters. The number of nitrogens with one attached hydrogen (secondary N) is 1. The van der Waals surface area contributed by atoms with Crippen LogP contribution in [0.5, 0.6) is 5.75 Å². The molecule has 1 aromatic carbocycles. The van der Waals surface area contributed by atoms with Crippen LogP contribution in [-0.4, -0.2) is 18.6 Å². The largest absolute Gasteiger partial charge is 0.479 e. The smallest absolute Gasteiger partial charge is 0.284 e. The lowest BCUT2D eigenvalue weighted by molar-refractivity contribution is -0.142. The molecule has 1 aromatic rings. The van der Waals surface area contributed by atoms with E-state index in [1.807, 2.05) is 19.9 Å². The van der Waals surface area contributed by atoms with Gasteiger partial charge in [-0.25, -0.2) is 5.48 Å². The number of carbonyl (C=O) groups excluding carboxylic acids is 1. The summed E-state index contributed by atoms with van der Waals surface area (Å²) in [5.74, 6) is -0.00727. The van der Waals surface area contributed by atoms with Crippen molar-refractivity contribution >= 4 is 5.91 Å². The zero-order valence-corrected chi connectivity index (χ0v) is 11.3. The van der Waals surface area contributed by atoms with E-state index in [2.05, 4.69) is 5.48 Å². The van der Waals surface area contributed by atoms with Crippen LogP contribution in [0.15, 0.2) is 24.3 Å². The minimum Gasteiger partial charge on any atom is -0.479 e. The molecule has 0 saturated carbocycles. The zero-order valence-electron chi connectivity index (χ0n) is 11.3. The average Bonchev–Trinajstić information content (AvgIpc) is 2.42. The Labute approximate surface area is 113 Å². The number of hydroxylamine groups is 1. The first-order valence-corrected chi connectivity index (χ1v) is 6.17. The van der Waals surface area contributed by atoms with Gasteiger partial charge in [-0.3, -0.25) is 9.63 Å². The molecule has 1 rings (SSSR count). The van der Waals surface area contributed by atoms with Crippen molar-refractivity contribution in [3.63, 3.8) is 0 Å². The molecule has 0 spiro atoms. The number of hydrogen-bond acceptors (Lipinski definition) is 4. The van der Waals surface area contributed by atoms with Crippen LogP contribution in [0.3, 0.4) is 0 Å². The fourth-order valence-corrected chi connectivity index (χ4v) is 1.49. The Bertz CT molecular complexity index is 466. The molecular weight excluding hydrogens is 244 g/mol. The number of rotatable bonds is 6. The molecule has 0 heterocycles. The summed E-state index contributed by atoms with van der Waals surface area (Å²) in [6.07, 6.45) is -0.707. The normalized spacial score (nSPS) is 11.7. The van der Waals surface area contributed by atoms with Gasteiger partial charge in [-0.05, 0) is 25.0 Å². The van der Waals surface area contributed by atoms with Crippen molar-refractivity contribution in [2.45, 2.75) is 26.9 Å². The summed E-state index contributed by atoms with van der Waals surface area (Å²) in [7, 11) is 0. The molecule has 0 aliphatic heterocycles. The molecule has 0 aromatic heterocycles. The Balaban J connectivity index is 2.84. The molecule has 5 heteroatoms. The lowest BCUT2D eigenvalue weighted by Gasteiger charge is -2.21. The Morgan fingerprint density at radius 2 is 2.11 bits per heavy atom. The van der Waals surface area contributed by atoms with Gasteiger partial charge in [0.1, 0.15) is 11.8 Å². The standard InChI is InChI=1S/C14H18N2O3/c1-4-18-16-14(17)13(10(2)3)19-12-8-6-5-7-11(12)9-15/h5-8,10,13H,4H2,1-3H3,(H,16,17). The minimum atomic E-state index is -0.707. The number of amides is 1. The Hall–Kier alpha value is -2.06. The van der Waals surface area contributed by atoms with Gasteiger partial charge in [0.05, 0.1) is 12.2 Å². The van der Waals surface area contributed by atoms with Crippen LogP contribution >= 0.6 is 0 Å². The molecule has 5 nitrogen and oxygen atoms in total. The molecule has 1 N–H and O–H groups in total. The first-order valence-electron chi connectivity index (χ1n) is 6.17. The second-order valence-corrected chi connectivity index (χ2v) is 4.29. The van der Waals surface area contributed by atoms with E-state index in [0.29, 0.717) is 17.9 Å². The monoisotopic (exact) mass is 262 g/mol. The summed E-state index contributed by atoms with van der Waals surface area (Å²) in [6.45, 7) is 5.89. The van der Waals surface area contributed by atoms with E-state index in [-0.39, 0.29) is 11.8 Å². The van der Waals surface area contributed by atoms with E-state index in [1.165, 1.54) is 0 Å². The van der Waals surface area contributed by atoms with Crippen LogP contribution in [0.4, 0.5) is 0 Å². The molecule has 0 radical (unpaired) electrons. The highest BCUT2D eigenvalue weighted by Crippen LogP contribution is 2.20. The third-order valence-corrected chi connectivity index (χ3v) is 2.44. The molecule has 19 heavy (non-hydrogen) atoms. The number of nitrogens with zero attached hydrogens (tertiary/aromatic N) is 1. The van der Waals surface area contributed by atoms with Crippen molar-refractivity contribution < 1.29 is 14.4 Å². The van der Waals surface area contributed by atoms with E-state index in [1.54, 1.807) is 31.2 Å². The number of ether oxygens (including phenoxy) is 1. The van der Waals surface area contributed by atoms with E-state index in [9.17, 15) is 4.79 Å². The van der Waals surface area contributed by atoms with Gasteiger partial charge < -0.3 is 4.74 Å². The molecule has 0 fully saturated rings. The summed E-state index contributed by atoms with van der Waals surface area (Å²) < 4.78 is 5.64. The Morgan fingerprint density at radius 3 is 2.68 bits per heavy atom. The number of nitriles is 1. The molecule has 0 aliphatic carbocycles. The van der Waals surface area contributed by atoms with Crippen molar-refractivity contribution in [3.8, 4) is 11.8 Å².